The second kappa shape index (κ2) is 3.39. The molecule has 57 valence electrons. The van der Waals surface area contributed by atoms with Gasteiger partial charge in [-0.2, -0.15) is 0 Å². The summed E-state index contributed by atoms with van der Waals surface area (Å²) in [5, 5.41) is 1.13. The maximum absolute atomic E-state index is 4.14. The van der Waals surface area contributed by atoms with Crippen LogP contribution in [0.4, 0.5) is 0 Å². The van der Waals surface area contributed by atoms with Crippen LogP contribution in [0.15, 0.2) is 29.0 Å². The molecule has 0 aliphatic carbocycles. The first-order valence-corrected chi connectivity index (χ1v) is 3.74. The van der Waals surface area contributed by atoms with Gasteiger partial charge in [-0.3, -0.25) is 0 Å². The molecule has 0 amide bonds. The smallest absolute Gasteiger partial charge is 0.137 e. The summed E-state index contributed by atoms with van der Waals surface area (Å²) in [6.07, 6.45) is 3.66. The third-order valence-corrected chi connectivity index (χ3v) is 1.80. The Bertz CT molecular complexity index is 358. The van der Waals surface area contributed by atoms with Crippen molar-refractivity contribution < 1.29 is 17.1 Å². The molecule has 2 aromatic rings. The second-order valence-electron chi connectivity index (χ2n) is 2.07. The number of H-pyrrole nitrogens is 1. The molecule has 2 nitrogen and oxygen atoms in total. The van der Waals surface area contributed by atoms with Gasteiger partial charge in [-0.05, 0) is 28.1 Å². The van der Waals surface area contributed by atoms with Crippen molar-refractivity contribution in [2.24, 2.45) is 0 Å². The average molecular weight is 252 g/mol. The Kier molecular flexibility index (Phi) is 2.71. The molecule has 0 spiro atoms. The van der Waals surface area contributed by atoms with Crippen LogP contribution in [0.2, 0.25) is 0 Å². The molecule has 0 aliphatic heterocycles. The van der Waals surface area contributed by atoms with Crippen molar-refractivity contribution in [1.29, 1.82) is 0 Å². The van der Waals surface area contributed by atoms with Crippen LogP contribution in [0.25, 0.3) is 11.0 Å². The number of fused-ring (bicyclic) bond motifs is 1. The predicted molar refractivity (Wildman–Crippen MR) is 43.8 cm³/mol. The van der Waals surface area contributed by atoms with E-state index in [1.165, 1.54) is 0 Å². The van der Waals surface area contributed by atoms with Crippen LogP contribution in [-0.4, -0.2) is 9.97 Å². The third-order valence-electron chi connectivity index (χ3n) is 1.37. The molecule has 1 radical (unpaired) electrons. The average Bonchev–Trinajstić information content (AvgIpc) is 2.33. The van der Waals surface area contributed by atoms with Gasteiger partial charge in [0.1, 0.15) is 5.65 Å². The van der Waals surface area contributed by atoms with Gasteiger partial charge < -0.3 is 4.98 Å². The fourth-order valence-corrected chi connectivity index (χ4v) is 1.26. The van der Waals surface area contributed by atoms with Gasteiger partial charge in [0.05, 0.1) is 0 Å². The van der Waals surface area contributed by atoms with E-state index in [-0.39, 0.29) is 17.1 Å². The Morgan fingerprint density at radius 2 is 2.27 bits per heavy atom. The molecule has 0 bridgehead atoms. The first-order chi connectivity index (χ1) is 4.86. The predicted octanol–water partition coefficient (Wildman–Crippen LogP) is 2.32. The first-order valence-electron chi connectivity index (χ1n) is 2.95. The van der Waals surface area contributed by atoms with Crippen LogP contribution in [0, 0.1) is 0 Å². The molecule has 0 saturated carbocycles. The summed E-state index contributed by atoms with van der Waals surface area (Å²) in [7, 11) is 0. The number of hydrogen-bond acceptors (Lipinski definition) is 1. The zero-order valence-corrected chi connectivity index (χ0v) is 8.28. The van der Waals surface area contributed by atoms with Gasteiger partial charge in [0.25, 0.3) is 0 Å². The summed E-state index contributed by atoms with van der Waals surface area (Å²) in [5.41, 5.74) is 0.934. The molecule has 0 atom stereocenters. The number of nitrogens with zero attached hydrogens (tertiary/aromatic N) is 1. The SMILES string of the molecule is Brc1cnc2[nH]ccc2c1.[Mn]. The Morgan fingerprint density at radius 3 is 3.09 bits per heavy atom. The number of aromatic nitrogens is 2. The zero-order valence-electron chi connectivity index (χ0n) is 5.51. The van der Waals surface area contributed by atoms with Gasteiger partial charge in [-0.25, -0.2) is 4.98 Å². The Morgan fingerprint density at radius 1 is 1.45 bits per heavy atom. The topological polar surface area (TPSA) is 28.7 Å². The molecule has 0 unspecified atom stereocenters. The van der Waals surface area contributed by atoms with Crippen LogP contribution in [0.3, 0.4) is 0 Å². The van der Waals surface area contributed by atoms with E-state index in [1.807, 2.05) is 18.3 Å². The molecule has 11 heavy (non-hydrogen) atoms. The summed E-state index contributed by atoms with van der Waals surface area (Å²) < 4.78 is 1.01. The van der Waals surface area contributed by atoms with Crippen molar-refractivity contribution in [3.8, 4) is 0 Å². The number of pyridine rings is 1. The van der Waals surface area contributed by atoms with Crippen LogP contribution < -0.4 is 0 Å². The molecular weight excluding hydrogens is 247 g/mol. The molecule has 2 heterocycles. The van der Waals surface area contributed by atoms with E-state index >= 15 is 0 Å². The summed E-state index contributed by atoms with van der Waals surface area (Å²) >= 11 is 3.34. The van der Waals surface area contributed by atoms with E-state index < -0.39 is 0 Å². The first kappa shape index (κ1) is 8.78. The zero-order chi connectivity index (χ0) is 6.97. The van der Waals surface area contributed by atoms with Crippen molar-refractivity contribution in [1.82, 2.24) is 9.97 Å². The quantitative estimate of drug-likeness (QED) is 0.716. The normalized spacial score (nSPS) is 9.55. The van der Waals surface area contributed by atoms with Crippen LogP contribution >= 0.6 is 15.9 Å². The minimum absolute atomic E-state index is 0. The fraction of sp³-hybridized carbons (Fsp3) is 0. The number of rotatable bonds is 0. The summed E-state index contributed by atoms with van der Waals surface area (Å²) in [5.74, 6) is 0. The van der Waals surface area contributed by atoms with Crippen molar-refractivity contribution >= 4 is 27.0 Å². The second-order valence-corrected chi connectivity index (χ2v) is 2.98. The van der Waals surface area contributed by atoms with Gasteiger partial charge in [-0.1, -0.05) is 0 Å². The van der Waals surface area contributed by atoms with Gasteiger partial charge in [0, 0.05) is 39.3 Å². The van der Waals surface area contributed by atoms with Crippen molar-refractivity contribution in [2.45, 2.75) is 0 Å². The standard InChI is InChI=1S/C7H5BrN2.Mn/c8-6-3-5-1-2-9-7(5)10-4-6;/h1-4H,(H,9,10);. The van der Waals surface area contributed by atoms with E-state index in [4.69, 9.17) is 0 Å². The van der Waals surface area contributed by atoms with Gasteiger partial charge in [0.15, 0.2) is 0 Å². The van der Waals surface area contributed by atoms with Crippen LogP contribution in [0.5, 0.6) is 0 Å². The maximum Gasteiger partial charge on any atom is 0.137 e. The van der Waals surface area contributed by atoms with Gasteiger partial charge in [0.2, 0.25) is 0 Å². The molecule has 0 aliphatic rings. The van der Waals surface area contributed by atoms with E-state index in [9.17, 15) is 0 Å². The fourth-order valence-electron chi connectivity index (χ4n) is 0.913. The molecule has 4 heteroatoms. The molecule has 2 rings (SSSR count). The Hall–Kier alpha value is -0.311. The van der Waals surface area contributed by atoms with Gasteiger partial charge >= 0.3 is 0 Å². The molecule has 2 aromatic heterocycles. The minimum Gasteiger partial charge on any atom is -0.346 e. The van der Waals surface area contributed by atoms with Crippen molar-refractivity contribution in [3.63, 3.8) is 0 Å². The van der Waals surface area contributed by atoms with Crippen molar-refractivity contribution in [3.05, 3.63) is 29.0 Å². The number of nitrogens with one attached hydrogen (secondary N) is 1. The molecule has 1 N–H and O–H groups in total. The van der Waals surface area contributed by atoms with E-state index in [1.54, 1.807) is 6.20 Å². The maximum atomic E-state index is 4.14. The van der Waals surface area contributed by atoms with Gasteiger partial charge in [-0.15, -0.1) is 0 Å². The van der Waals surface area contributed by atoms with E-state index in [2.05, 4.69) is 25.9 Å². The number of hydrogen-bond donors (Lipinski definition) is 1. The third kappa shape index (κ3) is 1.64. The Balaban J connectivity index is 0.000000605. The molecule has 0 saturated heterocycles. The summed E-state index contributed by atoms with van der Waals surface area (Å²) in [6.45, 7) is 0. The molecule has 0 fully saturated rings. The van der Waals surface area contributed by atoms with Crippen molar-refractivity contribution in [2.75, 3.05) is 0 Å². The van der Waals surface area contributed by atoms with Crippen LogP contribution in [0.1, 0.15) is 0 Å². The number of halogens is 1. The van der Waals surface area contributed by atoms with E-state index in [0.717, 1.165) is 15.5 Å². The van der Waals surface area contributed by atoms with Crippen LogP contribution in [-0.2, 0) is 17.1 Å². The summed E-state index contributed by atoms with van der Waals surface area (Å²) in [4.78, 5) is 7.15. The monoisotopic (exact) mass is 251 g/mol. The number of aromatic amines is 1. The van der Waals surface area contributed by atoms with E-state index in [0.29, 0.717) is 0 Å². The summed E-state index contributed by atoms with van der Waals surface area (Å²) in [6, 6.07) is 4.02. The Labute approximate surface area is 83.0 Å². The minimum atomic E-state index is 0. The molecular formula is C7H5BrMnN2. The molecule has 0 aromatic carbocycles. The largest absolute Gasteiger partial charge is 0.346 e.